The van der Waals surface area contributed by atoms with Gasteiger partial charge in [0.2, 0.25) is 0 Å². The van der Waals surface area contributed by atoms with E-state index in [1.165, 1.54) is 20.5 Å². The lowest BCUT2D eigenvalue weighted by atomic mass is 10.2. The van der Waals surface area contributed by atoms with E-state index in [4.69, 9.17) is 5.73 Å². The van der Waals surface area contributed by atoms with E-state index in [1.54, 1.807) is 11.3 Å². The van der Waals surface area contributed by atoms with Gasteiger partial charge in [0.15, 0.2) is 0 Å². The van der Waals surface area contributed by atoms with E-state index < -0.39 is 0 Å². The number of thiophene rings is 1. The number of rotatable bonds is 2. The number of fused-ring (bicyclic) bond motifs is 1. The van der Waals surface area contributed by atoms with Crippen molar-refractivity contribution in [2.24, 2.45) is 5.73 Å². The van der Waals surface area contributed by atoms with Crippen molar-refractivity contribution >= 4 is 34.1 Å². The highest BCUT2D eigenvalue weighted by Crippen LogP contribution is 2.27. The summed E-state index contributed by atoms with van der Waals surface area (Å²) in [5.74, 6) is 0.817. The van der Waals surface area contributed by atoms with Gasteiger partial charge in [0, 0.05) is 21.9 Å². The van der Waals surface area contributed by atoms with E-state index in [2.05, 4.69) is 36.9 Å². The van der Waals surface area contributed by atoms with E-state index in [9.17, 15) is 0 Å². The molecule has 13 heavy (non-hydrogen) atoms. The van der Waals surface area contributed by atoms with Crippen LogP contribution in [0.25, 0.3) is 10.1 Å². The van der Waals surface area contributed by atoms with Crippen LogP contribution in [-0.2, 0) is 12.3 Å². The fourth-order valence-corrected chi connectivity index (χ4v) is 2.54. The number of benzene rings is 1. The molecule has 0 aliphatic rings. The summed E-state index contributed by atoms with van der Waals surface area (Å²) in [4.78, 5) is 1.31. The molecule has 1 nitrogen and oxygen atoms in total. The maximum atomic E-state index is 5.57. The quantitative estimate of drug-likeness (QED) is 0.731. The first kappa shape index (κ1) is 9.06. The Balaban J connectivity index is 2.57. The monoisotopic (exact) mass is 209 g/mol. The number of nitrogens with two attached hydrogens (primary N) is 1. The topological polar surface area (TPSA) is 26.0 Å². The van der Waals surface area contributed by atoms with Crippen LogP contribution in [0.5, 0.6) is 0 Å². The Bertz CT molecular complexity index is 418. The summed E-state index contributed by atoms with van der Waals surface area (Å²) in [5.41, 5.74) is 6.76. The molecule has 0 unspecified atom stereocenters. The minimum Gasteiger partial charge on any atom is -0.326 e. The van der Waals surface area contributed by atoms with Gasteiger partial charge in [-0.05, 0) is 29.1 Å². The van der Waals surface area contributed by atoms with E-state index in [0.29, 0.717) is 6.54 Å². The van der Waals surface area contributed by atoms with E-state index in [-0.39, 0.29) is 0 Å². The zero-order valence-electron chi connectivity index (χ0n) is 7.16. The average molecular weight is 209 g/mol. The Morgan fingerprint density at radius 3 is 2.85 bits per heavy atom. The first-order valence-corrected chi connectivity index (χ1v) is 5.60. The van der Waals surface area contributed by atoms with Crippen molar-refractivity contribution in [3.63, 3.8) is 0 Å². The summed E-state index contributed by atoms with van der Waals surface area (Å²) < 4.78 is 1.32. The minimum absolute atomic E-state index is 0.613. The van der Waals surface area contributed by atoms with Gasteiger partial charge < -0.3 is 5.73 Å². The zero-order valence-corrected chi connectivity index (χ0v) is 8.87. The summed E-state index contributed by atoms with van der Waals surface area (Å²) in [6, 6.07) is 8.56. The minimum atomic E-state index is 0.613. The van der Waals surface area contributed by atoms with Gasteiger partial charge in [-0.2, -0.15) is 12.6 Å². The lowest BCUT2D eigenvalue weighted by Crippen LogP contribution is -1.94. The maximum absolute atomic E-state index is 5.57. The molecule has 0 saturated carbocycles. The molecule has 0 bridgehead atoms. The van der Waals surface area contributed by atoms with Crippen molar-refractivity contribution in [2.45, 2.75) is 12.3 Å². The molecule has 0 saturated heterocycles. The molecule has 2 N–H and O–H groups in total. The molecule has 1 aromatic heterocycles. The predicted octanol–water partition coefficient (Wildman–Crippen LogP) is 2.79. The first-order valence-electron chi connectivity index (χ1n) is 4.16. The number of thiol groups is 1. The largest absolute Gasteiger partial charge is 0.326 e. The highest BCUT2D eigenvalue weighted by molar-refractivity contribution is 7.79. The SMILES string of the molecule is NCc1ccc2sc(CS)cc2c1. The van der Waals surface area contributed by atoms with E-state index in [0.717, 1.165) is 5.75 Å². The second kappa shape index (κ2) is 3.70. The summed E-state index contributed by atoms with van der Waals surface area (Å²) in [6.45, 7) is 0.613. The van der Waals surface area contributed by atoms with Crippen LogP contribution in [0.2, 0.25) is 0 Å². The van der Waals surface area contributed by atoms with Gasteiger partial charge >= 0.3 is 0 Å². The summed E-state index contributed by atoms with van der Waals surface area (Å²) in [6.07, 6.45) is 0. The second-order valence-electron chi connectivity index (χ2n) is 2.95. The zero-order chi connectivity index (χ0) is 9.26. The fourth-order valence-electron chi connectivity index (χ4n) is 1.35. The number of hydrogen-bond donors (Lipinski definition) is 2. The van der Waals surface area contributed by atoms with Crippen LogP contribution in [0.1, 0.15) is 10.4 Å². The van der Waals surface area contributed by atoms with Crippen molar-refractivity contribution in [3.8, 4) is 0 Å². The van der Waals surface area contributed by atoms with Crippen LogP contribution in [-0.4, -0.2) is 0 Å². The molecule has 0 aliphatic carbocycles. The van der Waals surface area contributed by atoms with Crippen LogP contribution in [0.3, 0.4) is 0 Å². The molecule has 2 aromatic rings. The Morgan fingerprint density at radius 2 is 2.15 bits per heavy atom. The van der Waals surface area contributed by atoms with Crippen molar-refractivity contribution in [2.75, 3.05) is 0 Å². The molecule has 0 amide bonds. The van der Waals surface area contributed by atoms with Crippen LogP contribution >= 0.6 is 24.0 Å². The van der Waals surface area contributed by atoms with Crippen molar-refractivity contribution < 1.29 is 0 Å². The molecule has 1 heterocycles. The molecule has 3 heteroatoms. The summed E-state index contributed by atoms with van der Waals surface area (Å²) in [7, 11) is 0. The van der Waals surface area contributed by atoms with Gasteiger partial charge in [0.05, 0.1) is 0 Å². The molecule has 1 aromatic carbocycles. The standard InChI is InChI=1S/C10H11NS2/c11-5-7-1-2-10-8(3-7)4-9(6-12)13-10/h1-4,12H,5-6,11H2. The Morgan fingerprint density at radius 1 is 1.31 bits per heavy atom. The lowest BCUT2D eigenvalue weighted by Gasteiger charge is -1.94. The second-order valence-corrected chi connectivity index (χ2v) is 4.43. The normalized spacial score (nSPS) is 10.9. The Kier molecular flexibility index (Phi) is 2.58. The molecule has 68 valence electrons. The van der Waals surface area contributed by atoms with Crippen molar-refractivity contribution in [1.29, 1.82) is 0 Å². The molecule has 2 rings (SSSR count). The fraction of sp³-hybridized carbons (Fsp3) is 0.200. The van der Waals surface area contributed by atoms with Gasteiger partial charge in [-0.3, -0.25) is 0 Å². The molecular formula is C10H11NS2. The van der Waals surface area contributed by atoms with Gasteiger partial charge in [-0.15, -0.1) is 11.3 Å². The molecule has 0 radical (unpaired) electrons. The summed E-state index contributed by atoms with van der Waals surface area (Å²) in [5, 5.41) is 1.29. The molecule has 0 spiro atoms. The third kappa shape index (κ3) is 1.73. The maximum Gasteiger partial charge on any atom is 0.0346 e. The smallest absolute Gasteiger partial charge is 0.0346 e. The van der Waals surface area contributed by atoms with Crippen LogP contribution in [0, 0.1) is 0 Å². The van der Waals surface area contributed by atoms with E-state index >= 15 is 0 Å². The first-order chi connectivity index (χ1) is 6.33. The highest BCUT2D eigenvalue weighted by atomic mass is 32.1. The molecule has 0 fully saturated rings. The summed E-state index contributed by atoms with van der Waals surface area (Å²) >= 11 is 6.05. The van der Waals surface area contributed by atoms with Crippen molar-refractivity contribution in [3.05, 3.63) is 34.7 Å². The number of hydrogen-bond acceptors (Lipinski definition) is 3. The van der Waals surface area contributed by atoms with Gasteiger partial charge in [0.1, 0.15) is 0 Å². The van der Waals surface area contributed by atoms with Crippen LogP contribution in [0.4, 0.5) is 0 Å². The van der Waals surface area contributed by atoms with Crippen LogP contribution < -0.4 is 5.73 Å². The average Bonchev–Trinajstić information content (AvgIpc) is 2.58. The third-order valence-electron chi connectivity index (χ3n) is 2.02. The molecule has 0 aliphatic heterocycles. The lowest BCUT2D eigenvalue weighted by molar-refractivity contribution is 1.08. The molecule has 0 atom stereocenters. The third-order valence-corrected chi connectivity index (χ3v) is 3.69. The Labute approximate surface area is 87.0 Å². The van der Waals surface area contributed by atoms with Gasteiger partial charge in [-0.1, -0.05) is 6.07 Å². The van der Waals surface area contributed by atoms with Gasteiger partial charge in [0.25, 0.3) is 0 Å². The van der Waals surface area contributed by atoms with E-state index in [1.807, 2.05) is 0 Å². The van der Waals surface area contributed by atoms with Crippen LogP contribution in [0.15, 0.2) is 24.3 Å². The highest BCUT2D eigenvalue weighted by Gasteiger charge is 2.00. The molecular weight excluding hydrogens is 198 g/mol. The van der Waals surface area contributed by atoms with Crippen molar-refractivity contribution in [1.82, 2.24) is 0 Å². The Hall–Kier alpha value is -0.510. The predicted molar refractivity (Wildman–Crippen MR) is 62.4 cm³/mol. The van der Waals surface area contributed by atoms with Gasteiger partial charge in [-0.25, -0.2) is 0 Å².